The van der Waals surface area contributed by atoms with Crippen LogP contribution in [0.2, 0.25) is 0 Å². The second kappa shape index (κ2) is 3.74. The van der Waals surface area contributed by atoms with Crippen molar-refractivity contribution in [2.75, 3.05) is 0 Å². The van der Waals surface area contributed by atoms with Gasteiger partial charge in [-0.15, -0.1) is 11.3 Å². The maximum atomic E-state index is 11.1. The summed E-state index contributed by atoms with van der Waals surface area (Å²) in [6, 6.07) is 3.86. The minimum absolute atomic E-state index is 0.0486. The highest BCUT2D eigenvalue weighted by molar-refractivity contribution is 8.15. The van der Waals surface area contributed by atoms with E-state index < -0.39 is 0 Å². The van der Waals surface area contributed by atoms with Crippen LogP contribution in [0.3, 0.4) is 0 Å². The molecule has 0 aromatic carbocycles. The highest BCUT2D eigenvalue weighted by Gasteiger charge is 2.04. The minimum Gasteiger partial charge on any atom is -0.282 e. The van der Waals surface area contributed by atoms with E-state index in [-0.39, 0.29) is 5.12 Å². The van der Waals surface area contributed by atoms with Gasteiger partial charge in [0.25, 0.3) is 0 Å². The molecule has 1 heterocycles. The second-order valence-corrected chi connectivity index (χ2v) is 4.32. The van der Waals surface area contributed by atoms with E-state index in [4.69, 9.17) is 0 Å². The average Bonchev–Trinajstić information content (AvgIpc) is 2.39. The molecule has 58 valence electrons. The summed E-state index contributed by atoms with van der Waals surface area (Å²) in [6.07, 6.45) is 0. The van der Waals surface area contributed by atoms with Crippen molar-refractivity contribution in [1.29, 1.82) is 0 Å². The van der Waals surface area contributed by atoms with Crippen molar-refractivity contribution in [2.24, 2.45) is 0 Å². The van der Waals surface area contributed by atoms with Crippen molar-refractivity contribution in [3.63, 3.8) is 0 Å². The lowest BCUT2D eigenvalue weighted by molar-refractivity contribution is -0.107. The Balaban J connectivity index is 2.57. The Morgan fingerprint density at radius 3 is 2.91 bits per heavy atom. The third kappa shape index (κ3) is 2.52. The first-order chi connectivity index (χ1) is 5.20. The molecule has 11 heavy (non-hydrogen) atoms. The van der Waals surface area contributed by atoms with Gasteiger partial charge in [0.05, 0.1) is 4.21 Å². The summed E-state index contributed by atoms with van der Waals surface area (Å²) in [5, 5.41) is 2.00. The summed E-state index contributed by atoms with van der Waals surface area (Å²) in [4.78, 5) is 11.1. The third-order valence-electron chi connectivity index (χ3n) is 1.04. The van der Waals surface area contributed by atoms with Gasteiger partial charge in [-0.05, 0) is 35.7 Å². The molecule has 0 aliphatic heterocycles. The van der Waals surface area contributed by atoms with E-state index in [1.165, 1.54) is 11.8 Å². The van der Waals surface area contributed by atoms with E-state index >= 15 is 0 Å². The molecule has 0 aliphatic rings. The van der Waals surface area contributed by atoms with Crippen molar-refractivity contribution in [1.82, 2.24) is 0 Å². The first-order valence-electron chi connectivity index (χ1n) is 3.11. The molecular weight excluding hydrogens is 176 g/mol. The van der Waals surface area contributed by atoms with Crippen LogP contribution in [0.4, 0.5) is 0 Å². The summed E-state index contributed by atoms with van der Waals surface area (Å²) in [7, 11) is 0. The van der Waals surface area contributed by atoms with E-state index in [0.29, 0.717) is 5.57 Å². The van der Waals surface area contributed by atoms with Crippen LogP contribution >= 0.6 is 23.1 Å². The van der Waals surface area contributed by atoms with Crippen LogP contribution in [0.5, 0.6) is 0 Å². The molecule has 0 saturated carbocycles. The molecule has 0 unspecified atom stereocenters. The fraction of sp³-hybridized carbons (Fsp3) is 0.125. The Hall–Kier alpha value is -0.540. The van der Waals surface area contributed by atoms with Crippen LogP contribution < -0.4 is 0 Å². The normalized spacial score (nSPS) is 9.55. The largest absolute Gasteiger partial charge is 0.282 e. The van der Waals surface area contributed by atoms with Gasteiger partial charge in [0, 0.05) is 0 Å². The summed E-state index contributed by atoms with van der Waals surface area (Å²) >= 11 is 2.81. The van der Waals surface area contributed by atoms with Crippen LogP contribution in [0.1, 0.15) is 6.92 Å². The highest BCUT2D eigenvalue weighted by Crippen LogP contribution is 2.25. The van der Waals surface area contributed by atoms with Gasteiger partial charge < -0.3 is 0 Å². The number of thiophene rings is 1. The smallest absolute Gasteiger partial charge is 0.219 e. The van der Waals surface area contributed by atoms with Crippen LogP contribution in [0.25, 0.3) is 0 Å². The minimum atomic E-state index is 0.0486. The summed E-state index contributed by atoms with van der Waals surface area (Å²) in [5.74, 6) is 0. The molecular formula is C8H8OS2. The number of hydrogen-bond donors (Lipinski definition) is 0. The van der Waals surface area contributed by atoms with Gasteiger partial charge in [0.2, 0.25) is 5.12 Å². The predicted molar refractivity (Wildman–Crippen MR) is 50.0 cm³/mol. The van der Waals surface area contributed by atoms with Crippen LogP contribution in [-0.4, -0.2) is 5.12 Å². The Kier molecular flexibility index (Phi) is 2.91. The molecule has 0 N–H and O–H groups in total. The summed E-state index contributed by atoms with van der Waals surface area (Å²) < 4.78 is 1.03. The SMILES string of the molecule is C=C(C)C(=O)Sc1cccs1. The van der Waals surface area contributed by atoms with E-state index in [9.17, 15) is 4.79 Å². The Morgan fingerprint density at radius 2 is 2.45 bits per heavy atom. The van der Waals surface area contributed by atoms with Crippen molar-refractivity contribution in [3.8, 4) is 0 Å². The monoisotopic (exact) mass is 184 g/mol. The standard InChI is InChI=1S/C8H8OS2/c1-6(2)8(9)11-7-4-3-5-10-7/h3-5H,1H2,2H3. The molecule has 1 rings (SSSR count). The molecule has 0 fully saturated rings. The second-order valence-electron chi connectivity index (χ2n) is 2.10. The molecule has 3 heteroatoms. The number of carbonyl (C=O) groups excluding carboxylic acids is 1. The maximum Gasteiger partial charge on any atom is 0.219 e. The number of hydrogen-bond acceptors (Lipinski definition) is 3. The van der Waals surface area contributed by atoms with E-state index in [1.807, 2.05) is 17.5 Å². The molecule has 0 atom stereocenters. The van der Waals surface area contributed by atoms with E-state index in [0.717, 1.165) is 4.21 Å². The van der Waals surface area contributed by atoms with E-state index in [1.54, 1.807) is 18.3 Å². The molecule has 1 aromatic rings. The molecule has 0 spiro atoms. The fourth-order valence-electron chi connectivity index (χ4n) is 0.500. The predicted octanol–water partition coefficient (Wildman–Crippen LogP) is 2.94. The van der Waals surface area contributed by atoms with Crippen LogP contribution in [0, 0.1) is 0 Å². The van der Waals surface area contributed by atoms with Crippen molar-refractivity contribution >= 4 is 28.2 Å². The molecule has 0 bridgehead atoms. The first-order valence-corrected chi connectivity index (χ1v) is 4.81. The summed E-state index contributed by atoms with van der Waals surface area (Å²) in [6.45, 7) is 5.29. The fourth-order valence-corrected chi connectivity index (χ4v) is 2.04. The zero-order chi connectivity index (χ0) is 8.27. The highest BCUT2D eigenvalue weighted by atomic mass is 32.2. The van der Waals surface area contributed by atoms with Gasteiger partial charge in [-0.3, -0.25) is 4.79 Å². The first kappa shape index (κ1) is 8.56. The number of thioether (sulfide) groups is 1. The van der Waals surface area contributed by atoms with Gasteiger partial charge in [-0.1, -0.05) is 12.6 Å². The zero-order valence-electron chi connectivity index (χ0n) is 6.16. The van der Waals surface area contributed by atoms with Gasteiger partial charge >= 0.3 is 0 Å². The van der Waals surface area contributed by atoms with Crippen molar-refractivity contribution in [3.05, 3.63) is 29.7 Å². The van der Waals surface area contributed by atoms with Gasteiger partial charge in [0.1, 0.15) is 0 Å². The molecule has 0 amide bonds. The zero-order valence-corrected chi connectivity index (χ0v) is 7.80. The molecule has 1 aromatic heterocycles. The molecule has 0 saturated heterocycles. The van der Waals surface area contributed by atoms with E-state index in [2.05, 4.69) is 6.58 Å². The van der Waals surface area contributed by atoms with Crippen molar-refractivity contribution < 1.29 is 4.79 Å². The van der Waals surface area contributed by atoms with Crippen LogP contribution in [-0.2, 0) is 4.79 Å². The lowest BCUT2D eigenvalue weighted by atomic mass is 10.4. The molecule has 0 radical (unpaired) electrons. The molecule has 0 aliphatic carbocycles. The quantitative estimate of drug-likeness (QED) is 0.519. The average molecular weight is 184 g/mol. The lowest BCUT2D eigenvalue weighted by Crippen LogP contribution is -1.88. The third-order valence-corrected chi connectivity index (χ3v) is 3.11. The maximum absolute atomic E-state index is 11.1. The Labute approximate surface area is 74.1 Å². The Bertz CT molecular complexity index is 262. The molecule has 1 nitrogen and oxygen atoms in total. The number of carbonyl (C=O) groups is 1. The topological polar surface area (TPSA) is 17.1 Å². The van der Waals surface area contributed by atoms with Gasteiger partial charge in [0.15, 0.2) is 0 Å². The summed E-state index contributed by atoms with van der Waals surface area (Å²) in [5.41, 5.74) is 0.600. The number of rotatable bonds is 2. The Morgan fingerprint density at radius 1 is 1.73 bits per heavy atom. The lowest BCUT2D eigenvalue weighted by Gasteiger charge is -1.93. The van der Waals surface area contributed by atoms with Gasteiger partial charge in [-0.25, -0.2) is 0 Å². The van der Waals surface area contributed by atoms with Crippen LogP contribution in [0.15, 0.2) is 33.9 Å². The van der Waals surface area contributed by atoms with Crippen molar-refractivity contribution in [2.45, 2.75) is 11.1 Å². The van der Waals surface area contributed by atoms with Gasteiger partial charge in [-0.2, -0.15) is 0 Å².